The number of benzene rings is 1. The summed E-state index contributed by atoms with van der Waals surface area (Å²) in [5.74, 6) is 1.85. The largest absolute Gasteiger partial charge is 0.368 e. The van der Waals surface area contributed by atoms with E-state index in [0.717, 1.165) is 5.56 Å². The van der Waals surface area contributed by atoms with E-state index in [1.54, 1.807) is 0 Å². The molecule has 0 bridgehead atoms. The van der Waals surface area contributed by atoms with Crippen molar-refractivity contribution in [1.82, 2.24) is 15.0 Å². The van der Waals surface area contributed by atoms with Crippen molar-refractivity contribution in [2.75, 3.05) is 5.73 Å². The van der Waals surface area contributed by atoms with E-state index in [2.05, 4.69) is 15.0 Å². The van der Waals surface area contributed by atoms with Crippen molar-refractivity contribution in [3.05, 3.63) is 46.5 Å². The van der Waals surface area contributed by atoms with E-state index in [4.69, 9.17) is 17.3 Å². The van der Waals surface area contributed by atoms with Crippen LogP contribution in [-0.4, -0.2) is 15.0 Å². The third-order valence-electron chi connectivity index (χ3n) is 2.54. The second-order valence-electron chi connectivity index (χ2n) is 4.39. The number of anilines is 1. The van der Waals surface area contributed by atoms with Gasteiger partial charge in [-0.3, -0.25) is 0 Å². The molecule has 0 radical (unpaired) electrons. The first kappa shape index (κ1) is 12.8. The summed E-state index contributed by atoms with van der Waals surface area (Å²) in [6.07, 6.45) is 0.562. The maximum atomic E-state index is 6.11. The van der Waals surface area contributed by atoms with Gasteiger partial charge in [-0.25, -0.2) is 4.98 Å². The van der Waals surface area contributed by atoms with Crippen LogP contribution in [-0.2, 0) is 6.42 Å². The van der Waals surface area contributed by atoms with Gasteiger partial charge in [0.2, 0.25) is 5.95 Å². The Kier molecular flexibility index (Phi) is 3.77. The number of hydrogen-bond acceptors (Lipinski definition) is 4. The van der Waals surface area contributed by atoms with Crippen molar-refractivity contribution < 1.29 is 0 Å². The van der Waals surface area contributed by atoms with Gasteiger partial charge in [0.1, 0.15) is 11.6 Å². The summed E-state index contributed by atoms with van der Waals surface area (Å²) in [6, 6.07) is 7.64. The van der Waals surface area contributed by atoms with Gasteiger partial charge in [-0.05, 0) is 11.6 Å². The van der Waals surface area contributed by atoms with Gasteiger partial charge in [0, 0.05) is 17.4 Å². The van der Waals surface area contributed by atoms with Crippen LogP contribution in [0.5, 0.6) is 0 Å². The highest BCUT2D eigenvalue weighted by atomic mass is 35.5. The Morgan fingerprint density at radius 1 is 1.17 bits per heavy atom. The minimum Gasteiger partial charge on any atom is -0.368 e. The Bertz CT molecular complexity index is 554. The lowest BCUT2D eigenvalue weighted by molar-refractivity contribution is 0.743. The van der Waals surface area contributed by atoms with Crippen molar-refractivity contribution in [1.29, 1.82) is 0 Å². The number of aromatic nitrogens is 3. The Morgan fingerprint density at radius 2 is 1.89 bits per heavy atom. The molecule has 18 heavy (non-hydrogen) atoms. The summed E-state index contributed by atoms with van der Waals surface area (Å²) in [5, 5.41) is 0.711. The summed E-state index contributed by atoms with van der Waals surface area (Å²) in [4.78, 5) is 12.7. The lowest BCUT2D eigenvalue weighted by Gasteiger charge is -2.08. The van der Waals surface area contributed by atoms with Gasteiger partial charge in [-0.2, -0.15) is 9.97 Å². The van der Waals surface area contributed by atoms with Crippen molar-refractivity contribution in [3.63, 3.8) is 0 Å². The van der Waals surface area contributed by atoms with Gasteiger partial charge in [0.15, 0.2) is 0 Å². The van der Waals surface area contributed by atoms with Gasteiger partial charge in [0.25, 0.3) is 0 Å². The van der Waals surface area contributed by atoms with Gasteiger partial charge in [-0.1, -0.05) is 43.6 Å². The number of rotatable bonds is 3. The molecule has 0 aliphatic carbocycles. The van der Waals surface area contributed by atoms with Crippen LogP contribution in [0.25, 0.3) is 0 Å². The minimum absolute atomic E-state index is 0.222. The molecule has 0 amide bonds. The lowest BCUT2D eigenvalue weighted by Crippen LogP contribution is -2.09. The normalized spacial score (nSPS) is 10.9. The van der Waals surface area contributed by atoms with E-state index < -0.39 is 0 Å². The predicted octanol–water partition coefficient (Wildman–Crippen LogP) is 2.82. The molecule has 1 heterocycles. The summed E-state index contributed by atoms with van der Waals surface area (Å²) in [7, 11) is 0. The molecule has 1 aromatic heterocycles. The van der Waals surface area contributed by atoms with Gasteiger partial charge >= 0.3 is 0 Å². The first-order chi connectivity index (χ1) is 8.56. The number of nitrogens with zero attached hydrogens (tertiary/aromatic N) is 3. The maximum Gasteiger partial charge on any atom is 0.223 e. The molecule has 4 nitrogen and oxygen atoms in total. The number of halogens is 1. The molecule has 5 heteroatoms. The van der Waals surface area contributed by atoms with E-state index in [1.165, 1.54) is 0 Å². The van der Waals surface area contributed by atoms with Crippen molar-refractivity contribution in [2.45, 2.75) is 26.2 Å². The van der Waals surface area contributed by atoms with E-state index in [0.29, 0.717) is 23.1 Å². The van der Waals surface area contributed by atoms with Gasteiger partial charge < -0.3 is 5.73 Å². The van der Waals surface area contributed by atoms with Crippen LogP contribution in [0.4, 0.5) is 5.95 Å². The highest BCUT2D eigenvalue weighted by molar-refractivity contribution is 6.31. The lowest BCUT2D eigenvalue weighted by atomic mass is 10.1. The van der Waals surface area contributed by atoms with Crippen molar-refractivity contribution in [3.8, 4) is 0 Å². The molecule has 1 aromatic carbocycles. The first-order valence-electron chi connectivity index (χ1n) is 5.80. The minimum atomic E-state index is 0.222. The zero-order chi connectivity index (χ0) is 13.1. The average Bonchev–Trinajstić information content (AvgIpc) is 2.31. The van der Waals surface area contributed by atoms with Gasteiger partial charge in [-0.15, -0.1) is 0 Å². The molecule has 0 atom stereocenters. The predicted molar refractivity (Wildman–Crippen MR) is 72.6 cm³/mol. The fraction of sp³-hybridized carbons (Fsp3) is 0.308. The highest BCUT2D eigenvalue weighted by Gasteiger charge is 2.09. The maximum absolute atomic E-state index is 6.11. The summed E-state index contributed by atoms with van der Waals surface area (Å²) < 4.78 is 0. The SMILES string of the molecule is CC(C)c1nc(N)nc(Cc2ccccc2Cl)n1. The molecule has 94 valence electrons. The average molecular weight is 263 g/mol. The van der Waals surface area contributed by atoms with E-state index in [9.17, 15) is 0 Å². The third kappa shape index (κ3) is 2.96. The van der Waals surface area contributed by atoms with Crippen LogP contribution in [0.15, 0.2) is 24.3 Å². The van der Waals surface area contributed by atoms with Crippen LogP contribution < -0.4 is 5.73 Å². The summed E-state index contributed by atoms with van der Waals surface area (Å²) in [6.45, 7) is 4.04. The molecule has 0 spiro atoms. The monoisotopic (exact) mass is 262 g/mol. The molecule has 0 saturated carbocycles. The fourth-order valence-corrected chi connectivity index (χ4v) is 1.81. The number of hydrogen-bond donors (Lipinski definition) is 1. The zero-order valence-corrected chi connectivity index (χ0v) is 11.1. The molecule has 0 aliphatic rings. The van der Waals surface area contributed by atoms with Crippen molar-refractivity contribution in [2.24, 2.45) is 0 Å². The van der Waals surface area contributed by atoms with Crippen LogP contribution in [0.1, 0.15) is 37.0 Å². The van der Waals surface area contributed by atoms with E-state index in [1.807, 2.05) is 38.1 Å². The smallest absolute Gasteiger partial charge is 0.223 e. The molecular formula is C13H15ClN4. The van der Waals surface area contributed by atoms with Crippen molar-refractivity contribution >= 4 is 17.5 Å². The first-order valence-corrected chi connectivity index (χ1v) is 6.18. The van der Waals surface area contributed by atoms with Crippen LogP contribution in [0.3, 0.4) is 0 Å². The van der Waals surface area contributed by atoms with E-state index in [-0.39, 0.29) is 11.9 Å². The quantitative estimate of drug-likeness (QED) is 0.924. The molecule has 2 rings (SSSR count). The molecule has 2 aromatic rings. The van der Waals surface area contributed by atoms with Gasteiger partial charge in [0.05, 0.1) is 0 Å². The van der Waals surface area contributed by atoms with Crippen LogP contribution >= 0.6 is 11.6 Å². The van der Waals surface area contributed by atoms with Crippen LogP contribution in [0.2, 0.25) is 5.02 Å². The standard InChI is InChI=1S/C13H15ClN4/c1-8(2)12-16-11(17-13(15)18-12)7-9-5-3-4-6-10(9)14/h3-6,8H,7H2,1-2H3,(H2,15,16,17,18). The summed E-state index contributed by atoms with van der Waals surface area (Å²) in [5.41, 5.74) is 6.68. The molecule has 2 N–H and O–H groups in total. The Balaban J connectivity index is 2.32. The molecule has 0 saturated heterocycles. The molecule has 0 fully saturated rings. The topological polar surface area (TPSA) is 64.7 Å². The molecule has 0 unspecified atom stereocenters. The molecular weight excluding hydrogens is 248 g/mol. The third-order valence-corrected chi connectivity index (χ3v) is 2.91. The zero-order valence-electron chi connectivity index (χ0n) is 10.4. The second-order valence-corrected chi connectivity index (χ2v) is 4.80. The molecule has 0 aliphatic heterocycles. The van der Waals surface area contributed by atoms with Crippen LogP contribution in [0, 0.1) is 0 Å². The second kappa shape index (κ2) is 5.31. The van der Waals surface area contributed by atoms with E-state index >= 15 is 0 Å². The number of nitrogen functional groups attached to an aromatic ring is 1. The Hall–Kier alpha value is -1.68. The summed E-state index contributed by atoms with van der Waals surface area (Å²) >= 11 is 6.11. The Labute approximate surface area is 111 Å². The highest BCUT2D eigenvalue weighted by Crippen LogP contribution is 2.18. The Morgan fingerprint density at radius 3 is 2.56 bits per heavy atom. The number of nitrogens with two attached hydrogens (primary N) is 1. The fourth-order valence-electron chi connectivity index (χ4n) is 1.61.